The maximum absolute atomic E-state index is 12.9. The molecule has 0 spiro atoms. The first-order valence-corrected chi connectivity index (χ1v) is 13.1. The number of carbonyl (C=O) groups excluding carboxylic acids is 1. The lowest BCUT2D eigenvalue weighted by Crippen LogP contribution is -2.50. The number of nitrogens with zero attached hydrogens (tertiary/aromatic N) is 1. The largest absolute Gasteiger partial charge is 0.494 e. The summed E-state index contributed by atoms with van der Waals surface area (Å²) >= 11 is 0. The van der Waals surface area contributed by atoms with E-state index in [2.05, 4.69) is 26.1 Å². The van der Waals surface area contributed by atoms with Crippen molar-refractivity contribution in [2.75, 3.05) is 30.3 Å². The van der Waals surface area contributed by atoms with E-state index in [-0.39, 0.29) is 24.5 Å². The molecule has 1 amide bonds. The standard InChI is InChI=1S/C25H36N2O5S/c1-7-22(27(33(6,29)30)19-13-15-20(16-14-19)31-8-2)24(28)26-17-18-32-23-12-10-9-11-21(23)25(3,4)5/h9-16,22H,7-8,17-18H2,1-6H3,(H,26,28)/t22-/m1/s1. The Labute approximate surface area is 198 Å². The Bertz CT molecular complexity index is 1010. The van der Waals surface area contributed by atoms with Gasteiger partial charge in [0, 0.05) is 0 Å². The summed E-state index contributed by atoms with van der Waals surface area (Å²) in [6.45, 7) is 11.0. The second kappa shape index (κ2) is 11.4. The van der Waals surface area contributed by atoms with Crippen LogP contribution in [-0.2, 0) is 20.2 Å². The summed E-state index contributed by atoms with van der Waals surface area (Å²) < 4.78 is 37.7. The van der Waals surface area contributed by atoms with Gasteiger partial charge in [0.2, 0.25) is 15.9 Å². The Morgan fingerprint density at radius 2 is 1.67 bits per heavy atom. The van der Waals surface area contributed by atoms with Gasteiger partial charge in [0.1, 0.15) is 24.1 Å². The van der Waals surface area contributed by atoms with Gasteiger partial charge in [-0.25, -0.2) is 8.42 Å². The fourth-order valence-corrected chi connectivity index (χ4v) is 4.79. The van der Waals surface area contributed by atoms with Crippen LogP contribution in [0.25, 0.3) is 0 Å². The number of rotatable bonds is 11. The molecule has 182 valence electrons. The smallest absolute Gasteiger partial charge is 0.244 e. The number of ether oxygens (including phenoxy) is 2. The molecule has 0 unspecified atom stereocenters. The minimum Gasteiger partial charge on any atom is -0.494 e. The fraction of sp³-hybridized carbons (Fsp3) is 0.480. The van der Waals surface area contributed by atoms with Crippen LogP contribution in [0.2, 0.25) is 0 Å². The Morgan fingerprint density at radius 3 is 2.21 bits per heavy atom. The summed E-state index contributed by atoms with van der Waals surface area (Å²) in [5.41, 5.74) is 1.43. The minimum absolute atomic E-state index is 0.0686. The average Bonchev–Trinajstić information content (AvgIpc) is 2.74. The topological polar surface area (TPSA) is 84.9 Å². The number of hydrogen-bond acceptors (Lipinski definition) is 5. The summed E-state index contributed by atoms with van der Waals surface area (Å²) in [6.07, 6.45) is 1.42. The Hall–Kier alpha value is -2.74. The van der Waals surface area contributed by atoms with E-state index in [9.17, 15) is 13.2 Å². The van der Waals surface area contributed by atoms with Crippen LogP contribution in [-0.4, -0.2) is 46.4 Å². The van der Waals surface area contributed by atoms with Gasteiger partial charge in [-0.3, -0.25) is 9.10 Å². The molecule has 0 saturated carbocycles. The quantitative estimate of drug-likeness (QED) is 0.493. The number of sulfonamides is 1. The van der Waals surface area contributed by atoms with E-state index < -0.39 is 16.1 Å². The van der Waals surface area contributed by atoms with Crippen LogP contribution < -0.4 is 19.1 Å². The van der Waals surface area contributed by atoms with Crippen LogP contribution in [0.4, 0.5) is 5.69 Å². The van der Waals surface area contributed by atoms with Crippen molar-refractivity contribution in [1.29, 1.82) is 0 Å². The number of para-hydroxylation sites is 1. The van der Waals surface area contributed by atoms with E-state index >= 15 is 0 Å². The highest BCUT2D eigenvalue weighted by Gasteiger charge is 2.31. The molecule has 0 fully saturated rings. The van der Waals surface area contributed by atoms with Crippen molar-refractivity contribution in [3.05, 3.63) is 54.1 Å². The van der Waals surface area contributed by atoms with Crippen molar-refractivity contribution < 1.29 is 22.7 Å². The highest BCUT2D eigenvalue weighted by Crippen LogP contribution is 2.31. The molecular formula is C25H36N2O5S. The van der Waals surface area contributed by atoms with E-state index in [1.807, 2.05) is 31.2 Å². The van der Waals surface area contributed by atoms with E-state index in [1.165, 1.54) is 0 Å². The van der Waals surface area contributed by atoms with Crippen molar-refractivity contribution >= 4 is 21.6 Å². The number of benzene rings is 2. The average molecular weight is 477 g/mol. The van der Waals surface area contributed by atoms with Gasteiger partial charge in [-0.2, -0.15) is 0 Å². The van der Waals surface area contributed by atoms with Crippen LogP contribution in [0.5, 0.6) is 11.5 Å². The molecule has 0 aliphatic rings. The second-order valence-electron chi connectivity index (χ2n) is 8.80. The third-order valence-electron chi connectivity index (χ3n) is 5.09. The molecule has 1 atom stereocenters. The third kappa shape index (κ3) is 7.39. The monoisotopic (exact) mass is 476 g/mol. The molecule has 1 N–H and O–H groups in total. The Morgan fingerprint density at radius 1 is 1.03 bits per heavy atom. The zero-order valence-electron chi connectivity index (χ0n) is 20.4. The van der Waals surface area contributed by atoms with Crippen LogP contribution in [0.3, 0.4) is 0 Å². The minimum atomic E-state index is -3.69. The molecule has 0 aromatic heterocycles. The van der Waals surface area contributed by atoms with Gasteiger partial charge < -0.3 is 14.8 Å². The van der Waals surface area contributed by atoms with E-state index in [0.29, 0.717) is 24.5 Å². The number of nitrogens with one attached hydrogen (secondary N) is 1. The zero-order chi connectivity index (χ0) is 24.6. The first-order chi connectivity index (χ1) is 15.5. The van der Waals surface area contributed by atoms with Crippen LogP contribution in [0.1, 0.15) is 46.6 Å². The predicted octanol–water partition coefficient (Wildman–Crippen LogP) is 4.12. The molecule has 2 aromatic carbocycles. The lowest BCUT2D eigenvalue weighted by atomic mass is 9.86. The van der Waals surface area contributed by atoms with Crippen LogP contribution in [0, 0.1) is 0 Å². The second-order valence-corrected chi connectivity index (χ2v) is 10.7. The Kier molecular flexibility index (Phi) is 9.16. The molecular weight excluding hydrogens is 440 g/mol. The van der Waals surface area contributed by atoms with Crippen molar-refractivity contribution in [1.82, 2.24) is 5.32 Å². The van der Waals surface area contributed by atoms with Crippen LogP contribution in [0.15, 0.2) is 48.5 Å². The van der Waals surface area contributed by atoms with Crippen LogP contribution >= 0.6 is 0 Å². The number of amides is 1. The molecule has 8 heteroatoms. The van der Waals surface area contributed by atoms with Gasteiger partial charge in [-0.15, -0.1) is 0 Å². The maximum atomic E-state index is 12.9. The normalized spacial score (nSPS) is 12.7. The molecule has 0 aliphatic carbocycles. The SMILES string of the molecule is CCOc1ccc(N([C@H](CC)C(=O)NCCOc2ccccc2C(C)(C)C)S(C)(=O)=O)cc1. The lowest BCUT2D eigenvalue weighted by Gasteiger charge is -2.30. The van der Waals surface area contributed by atoms with Gasteiger partial charge in [0.15, 0.2) is 0 Å². The summed E-state index contributed by atoms with van der Waals surface area (Å²) in [5.74, 6) is 1.04. The summed E-state index contributed by atoms with van der Waals surface area (Å²) in [7, 11) is -3.69. The number of anilines is 1. The zero-order valence-corrected chi connectivity index (χ0v) is 21.2. The third-order valence-corrected chi connectivity index (χ3v) is 6.27. The highest BCUT2D eigenvalue weighted by molar-refractivity contribution is 7.92. The molecule has 33 heavy (non-hydrogen) atoms. The van der Waals surface area contributed by atoms with Crippen molar-refractivity contribution in [2.45, 2.75) is 52.5 Å². The lowest BCUT2D eigenvalue weighted by molar-refractivity contribution is -0.122. The molecule has 0 aliphatic heterocycles. The predicted molar refractivity (Wildman–Crippen MR) is 133 cm³/mol. The molecule has 0 bridgehead atoms. The summed E-state index contributed by atoms with van der Waals surface area (Å²) in [4.78, 5) is 12.9. The van der Waals surface area contributed by atoms with E-state index in [4.69, 9.17) is 9.47 Å². The number of carbonyl (C=O) groups is 1. The number of hydrogen-bond donors (Lipinski definition) is 1. The fourth-order valence-electron chi connectivity index (χ4n) is 3.58. The van der Waals surface area contributed by atoms with E-state index in [1.54, 1.807) is 31.2 Å². The van der Waals surface area contributed by atoms with Gasteiger partial charge in [0.25, 0.3) is 0 Å². The van der Waals surface area contributed by atoms with Gasteiger partial charge in [-0.05, 0) is 54.7 Å². The summed E-state index contributed by atoms with van der Waals surface area (Å²) in [6, 6.07) is 13.6. The molecule has 2 aromatic rings. The van der Waals surface area contributed by atoms with Gasteiger partial charge in [-0.1, -0.05) is 45.9 Å². The van der Waals surface area contributed by atoms with Gasteiger partial charge in [0.05, 0.1) is 25.1 Å². The summed E-state index contributed by atoms with van der Waals surface area (Å²) in [5, 5.41) is 2.82. The maximum Gasteiger partial charge on any atom is 0.244 e. The first-order valence-electron chi connectivity index (χ1n) is 11.2. The first kappa shape index (κ1) is 26.5. The van der Waals surface area contributed by atoms with Gasteiger partial charge >= 0.3 is 0 Å². The molecule has 7 nitrogen and oxygen atoms in total. The molecule has 0 radical (unpaired) electrons. The van der Waals surface area contributed by atoms with Crippen molar-refractivity contribution in [3.8, 4) is 11.5 Å². The molecule has 0 saturated heterocycles. The van der Waals surface area contributed by atoms with Crippen molar-refractivity contribution in [3.63, 3.8) is 0 Å². The highest BCUT2D eigenvalue weighted by atomic mass is 32.2. The van der Waals surface area contributed by atoms with E-state index in [0.717, 1.165) is 21.9 Å². The van der Waals surface area contributed by atoms with Crippen molar-refractivity contribution in [2.24, 2.45) is 0 Å². The molecule has 2 rings (SSSR count). The Balaban J connectivity index is 2.08. The molecule has 0 heterocycles.